The van der Waals surface area contributed by atoms with Gasteiger partial charge >= 0.3 is 5.97 Å². The number of carboxylic acids is 1. The topological polar surface area (TPSA) is 75.6 Å². The van der Waals surface area contributed by atoms with Crippen LogP contribution in [0.5, 0.6) is 5.75 Å². The van der Waals surface area contributed by atoms with Gasteiger partial charge in [-0.25, -0.2) is 4.39 Å². The first-order valence-electron chi connectivity index (χ1n) is 8.39. The quantitative estimate of drug-likeness (QED) is 0.759. The van der Waals surface area contributed by atoms with E-state index in [1.54, 1.807) is 37.3 Å². The molecule has 0 bridgehead atoms. The van der Waals surface area contributed by atoms with Crippen LogP contribution in [-0.4, -0.2) is 30.1 Å². The molecule has 2 aromatic carbocycles. The Morgan fingerprint density at radius 1 is 1.19 bits per heavy atom. The van der Waals surface area contributed by atoms with Crippen LogP contribution in [0.2, 0.25) is 0 Å². The summed E-state index contributed by atoms with van der Waals surface area (Å²) in [4.78, 5) is 23.7. The molecule has 0 aliphatic heterocycles. The van der Waals surface area contributed by atoms with Gasteiger partial charge in [0, 0.05) is 12.1 Å². The van der Waals surface area contributed by atoms with Gasteiger partial charge in [-0.05, 0) is 61.7 Å². The Balaban J connectivity index is 1.99. The molecule has 0 fully saturated rings. The van der Waals surface area contributed by atoms with E-state index in [4.69, 9.17) is 4.74 Å². The van der Waals surface area contributed by atoms with Crippen molar-refractivity contribution in [2.45, 2.75) is 20.3 Å². The molecular weight excluding hydrogens is 337 g/mol. The summed E-state index contributed by atoms with van der Waals surface area (Å²) in [6.07, 6.45) is 0.268. The molecule has 1 unspecified atom stereocenters. The highest BCUT2D eigenvalue weighted by Gasteiger charge is 2.20. The van der Waals surface area contributed by atoms with Crippen molar-refractivity contribution >= 4 is 11.9 Å². The minimum absolute atomic E-state index is 0.0447. The molecule has 2 aromatic rings. The van der Waals surface area contributed by atoms with Crippen molar-refractivity contribution in [1.29, 1.82) is 0 Å². The van der Waals surface area contributed by atoms with Crippen molar-refractivity contribution in [2.75, 3.05) is 13.2 Å². The summed E-state index contributed by atoms with van der Waals surface area (Å²) in [5.74, 6) is -2.07. The van der Waals surface area contributed by atoms with Crippen LogP contribution in [0.25, 0.3) is 0 Å². The van der Waals surface area contributed by atoms with Crippen LogP contribution in [0.1, 0.15) is 28.4 Å². The minimum Gasteiger partial charge on any atom is -0.494 e. The van der Waals surface area contributed by atoms with Crippen molar-refractivity contribution < 1.29 is 23.8 Å². The van der Waals surface area contributed by atoms with Gasteiger partial charge in [0.2, 0.25) is 0 Å². The molecule has 0 spiro atoms. The molecule has 0 heterocycles. The second kappa shape index (κ2) is 8.99. The molecule has 0 saturated carbocycles. The summed E-state index contributed by atoms with van der Waals surface area (Å²) in [5.41, 5.74) is 1.63. The maximum absolute atomic E-state index is 13.4. The molecule has 138 valence electrons. The predicted octanol–water partition coefficient (Wildman–Crippen LogP) is 3.21. The zero-order valence-corrected chi connectivity index (χ0v) is 14.8. The number of nitrogens with one attached hydrogen (secondary N) is 1. The van der Waals surface area contributed by atoms with Crippen molar-refractivity contribution in [2.24, 2.45) is 5.92 Å². The second-order valence-electron chi connectivity index (χ2n) is 6.04. The lowest BCUT2D eigenvalue weighted by atomic mass is 9.99. The number of rotatable bonds is 8. The fraction of sp³-hybridized carbons (Fsp3) is 0.300. The molecule has 0 radical (unpaired) electrons. The molecule has 0 aliphatic carbocycles. The first-order valence-corrected chi connectivity index (χ1v) is 8.39. The molecule has 0 aromatic heterocycles. The summed E-state index contributed by atoms with van der Waals surface area (Å²) in [7, 11) is 0. The van der Waals surface area contributed by atoms with Crippen molar-refractivity contribution in [3.63, 3.8) is 0 Å². The zero-order valence-electron chi connectivity index (χ0n) is 14.8. The Labute approximate surface area is 151 Å². The summed E-state index contributed by atoms with van der Waals surface area (Å²) in [6.45, 7) is 4.09. The molecule has 26 heavy (non-hydrogen) atoms. The summed E-state index contributed by atoms with van der Waals surface area (Å²) >= 11 is 0. The van der Waals surface area contributed by atoms with Gasteiger partial charge in [0.1, 0.15) is 11.6 Å². The molecule has 1 amide bonds. The third kappa shape index (κ3) is 5.58. The number of carbonyl (C=O) groups is 2. The number of carbonyl (C=O) groups excluding carboxylic acids is 1. The number of hydrogen-bond donors (Lipinski definition) is 2. The predicted molar refractivity (Wildman–Crippen MR) is 95.9 cm³/mol. The summed E-state index contributed by atoms with van der Waals surface area (Å²) in [6, 6.07) is 11.2. The van der Waals surface area contributed by atoms with E-state index >= 15 is 0 Å². The van der Waals surface area contributed by atoms with E-state index in [2.05, 4.69) is 5.32 Å². The Kier molecular flexibility index (Phi) is 6.72. The number of ether oxygens (including phenoxy) is 1. The van der Waals surface area contributed by atoms with Gasteiger partial charge in [-0.15, -0.1) is 0 Å². The van der Waals surface area contributed by atoms with Crippen LogP contribution in [-0.2, 0) is 11.2 Å². The van der Waals surface area contributed by atoms with Crippen LogP contribution in [0.3, 0.4) is 0 Å². The Morgan fingerprint density at radius 3 is 2.46 bits per heavy atom. The molecule has 2 rings (SSSR count). The second-order valence-corrected chi connectivity index (χ2v) is 6.04. The molecule has 1 atom stereocenters. The van der Waals surface area contributed by atoms with Gasteiger partial charge in [0.15, 0.2) is 0 Å². The van der Waals surface area contributed by atoms with Crippen molar-refractivity contribution in [1.82, 2.24) is 5.32 Å². The van der Waals surface area contributed by atoms with Crippen molar-refractivity contribution in [3.8, 4) is 5.75 Å². The number of amides is 1. The zero-order chi connectivity index (χ0) is 19.1. The molecular formula is C20H22FNO4. The normalized spacial score (nSPS) is 11.7. The molecule has 0 aliphatic rings. The number of carboxylic acid groups (broad SMARTS) is 1. The van der Waals surface area contributed by atoms with E-state index in [1.807, 2.05) is 6.92 Å². The fourth-order valence-corrected chi connectivity index (χ4v) is 2.61. The average Bonchev–Trinajstić information content (AvgIpc) is 2.59. The maximum atomic E-state index is 13.4. The average molecular weight is 359 g/mol. The number of aryl methyl sites for hydroxylation is 1. The fourth-order valence-electron chi connectivity index (χ4n) is 2.61. The van der Waals surface area contributed by atoms with E-state index in [0.29, 0.717) is 12.2 Å². The smallest absolute Gasteiger partial charge is 0.308 e. The minimum atomic E-state index is -1.00. The first-order chi connectivity index (χ1) is 12.4. The van der Waals surface area contributed by atoms with Gasteiger partial charge in [-0.3, -0.25) is 9.59 Å². The number of aliphatic carboxylic acids is 1. The lowest BCUT2D eigenvalue weighted by Crippen LogP contribution is -2.34. The van der Waals surface area contributed by atoms with Crippen molar-refractivity contribution in [3.05, 3.63) is 65.0 Å². The largest absolute Gasteiger partial charge is 0.494 e. The number of hydrogen-bond acceptors (Lipinski definition) is 3. The number of halogens is 1. The van der Waals surface area contributed by atoms with Crippen LogP contribution >= 0.6 is 0 Å². The standard InChI is InChI=1S/C20H22FNO4/c1-3-26-18-6-4-14(5-7-18)10-16(20(24)25)12-22-19(23)15-8-13(2)9-17(21)11-15/h4-9,11,16H,3,10,12H2,1-2H3,(H,22,23)(H,24,25). The Hall–Kier alpha value is -2.89. The number of benzene rings is 2. The lowest BCUT2D eigenvalue weighted by molar-refractivity contribution is -0.141. The van der Waals surface area contributed by atoms with Gasteiger partial charge in [0.05, 0.1) is 12.5 Å². The van der Waals surface area contributed by atoms with Gasteiger partial charge < -0.3 is 15.2 Å². The van der Waals surface area contributed by atoms with E-state index in [0.717, 1.165) is 17.4 Å². The van der Waals surface area contributed by atoms with Gasteiger partial charge in [-0.2, -0.15) is 0 Å². The molecule has 6 heteroatoms. The highest BCUT2D eigenvalue weighted by Crippen LogP contribution is 2.16. The highest BCUT2D eigenvalue weighted by atomic mass is 19.1. The monoisotopic (exact) mass is 359 g/mol. The molecule has 0 saturated heterocycles. The summed E-state index contributed by atoms with van der Waals surface area (Å²) in [5, 5.41) is 12.0. The van der Waals surface area contributed by atoms with Crippen LogP contribution in [0.15, 0.2) is 42.5 Å². The van der Waals surface area contributed by atoms with E-state index < -0.39 is 23.6 Å². The molecule has 5 nitrogen and oxygen atoms in total. The van der Waals surface area contributed by atoms with Gasteiger partial charge in [-0.1, -0.05) is 12.1 Å². The SMILES string of the molecule is CCOc1ccc(CC(CNC(=O)c2cc(C)cc(F)c2)C(=O)O)cc1. The van der Waals surface area contributed by atoms with Crippen LogP contribution < -0.4 is 10.1 Å². The van der Waals surface area contributed by atoms with Crippen LogP contribution in [0, 0.1) is 18.7 Å². The van der Waals surface area contributed by atoms with E-state index in [9.17, 15) is 19.1 Å². The van der Waals surface area contributed by atoms with Crippen LogP contribution in [0.4, 0.5) is 4.39 Å². The summed E-state index contributed by atoms with van der Waals surface area (Å²) < 4.78 is 18.8. The lowest BCUT2D eigenvalue weighted by Gasteiger charge is -2.14. The third-order valence-electron chi connectivity index (χ3n) is 3.88. The molecule has 2 N–H and O–H groups in total. The maximum Gasteiger partial charge on any atom is 0.308 e. The Bertz CT molecular complexity index is 754. The highest BCUT2D eigenvalue weighted by molar-refractivity contribution is 5.94. The third-order valence-corrected chi connectivity index (χ3v) is 3.88. The first kappa shape index (κ1) is 19.4. The van der Waals surface area contributed by atoms with E-state index in [1.165, 1.54) is 6.07 Å². The van der Waals surface area contributed by atoms with E-state index in [-0.39, 0.29) is 18.5 Å². The Morgan fingerprint density at radius 2 is 1.88 bits per heavy atom. The van der Waals surface area contributed by atoms with Gasteiger partial charge in [0.25, 0.3) is 5.91 Å².